The van der Waals surface area contributed by atoms with E-state index in [1.54, 1.807) is 11.3 Å². The van der Waals surface area contributed by atoms with Gasteiger partial charge in [-0.3, -0.25) is 4.79 Å². The number of amides is 1. The Hall–Kier alpha value is -2.29. The van der Waals surface area contributed by atoms with Gasteiger partial charge in [-0.25, -0.2) is 8.78 Å². The van der Waals surface area contributed by atoms with Crippen molar-refractivity contribution >= 4 is 17.2 Å². The first-order chi connectivity index (χ1) is 18.0. The highest BCUT2D eigenvalue weighted by molar-refractivity contribution is 7.12. The second-order valence-corrected chi connectivity index (χ2v) is 12.8. The van der Waals surface area contributed by atoms with E-state index in [2.05, 4.69) is 65.3 Å². The quantitative estimate of drug-likeness (QED) is 0.348. The average Bonchev–Trinajstić information content (AvgIpc) is 3.57. The molecule has 2 fully saturated rings. The Labute approximate surface area is 229 Å². The molecule has 4 rings (SSSR count). The Balaban J connectivity index is 1.42. The van der Waals surface area contributed by atoms with Crippen LogP contribution in [0.15, 0.2) is 18.8 Å². The van der Waals surface area contributed by atoms with Crippen LogP contribution in [0.3, 0.4) is 0 Å². The number of nitrogens with zero attached hydrogens (tertiary/aromatic N) is 4. The number of thiophene rings is 1. The third kappa shape index (κ3) is 6.46. The van der Waals surface area contributed by atoms with E-state index in [0.29, 0.717) is 18.0 Å². The van der Waals surface area contributed by atoms with Gasteiger partial charge in [0.2, 0.25) is 11.8 Å². The molecule has 3 unspecified atom stereocenters. The van der Waals surface area contributed by atoms with Gasteiger partial charge in [-0.1, -0.05) is 20.4 Å². The molecule has 2 saturated carbocycles. The summed E-state index contributed by atoms with van der Waals surface area (Å²) in [5.74, 6) is -0.732. The van der Waals surface area contributed by atoms with Crippen molar-refractivity contribution in [2.45, 2.75) is 116 Å². The molecular formula is C29H43F2N5OS. The molecule has 3 atom stereocenters. The normalized spacial score (nSPS) is 22.5. The molecule has 0 aromatic carbocycles. The summed E-state index contributed by atoms with van der Waals surface area (Å²) in [6, 6.07) is 2.75. The van der Waals surface area contributed by atoms with Crippen molar-refractivity contribution < 1.29 is 13.6 Å². The first-order valence-electron chi connectivity index (χ1n) is 14.0. The summed E-state index contributed by atoms with van der Waals surface area (Å²) in [6.07, 6.45) is 5.91. The van der Waals surface area contributed by atoms with E-state index >= 15 is 0 Å². The van der Waals surface area contributed by atoms with Crippen molar-refractivity contribution in [2.75, 3.05) is 6.54 Å². The molecule has 9 heteroatoms. The maximum Gasteiger partial charge on any atom is 0.248 e. The highest BCUT2D eigenvalue weighted by Gasteiger charge is 2.38. The van der Waals surface area contributed by atoms with E-state index < -0.39 is 5.92 Å². The average molecular weight is 548 g/mol. The highest BCUT2D eigenvalue weighted by atomic mass is 32.1. The molecule has 1 N–H and O–H groups in total. The van der Waals surface area contributed by atoms with Gasteiger partial charge in [-0.15, -0.1) is 21.5 Å². The molecule has 2 aromatic rings. The zero-order valence-corrected chi connectivity index (χ0v) is 24.3. The number of carbonyl (C=O) groups excluding carboxylic acids is 1. The number of nitrogens with one attached hydrogen (secondary N) is 1. The molecule has 6 nitrogen and oxygen atoms in total. The lowest BCUT2D eigenvalue weighted by Crippen LogP contribution is -2.39. The molecular weight excluding hydrogens is 504 g/mol. The van der Waals surface area contributed by atoms with Gasteiger partial charge in [0.1, 0.15) is 11.6 Å². The van der Waals surface area contributed by atoms with Crippen LogP contribution < -0.4 is 5.32 Å². The van der Waals surface area contributed by atoms with Crippen molar-refractivity contribution in [3.8, 4) is 0 Å². The summed E-state index contributed by atoms with van der Waals surface area (Å²) in [5.41, 5.74) is 1.21. The Kier molecular flexibility index (Phi) is 8.95. The Morgan fingerprint density at radius 1 is 1.24 bits per heavy atom. The van der Waals surface area contributed by atoms with Gasteiger partial charge in [0, 0.05) is 53.1 Å². The SMILES string of the molecule is C=CN(CCC(NC(=O)C1CCC(F)(F)CC1)c1cc(C)c(C)s1)C1CCC(n2c(C)nnc2C(C)C)C1. The zero-order chi connectivity index (χ0) is 27.6. The largest absolute Gasteiger partial charge is 0.375 e. The number of aromatic nitrogens is 3. The van der Waals surface area contributed by atoms with E-state index in [9.17, 15) is 13.6 Å². The number of rotatable bonds is 10. The van der Waals surface area contributed by atoms with Crippen molar-refractivity contribution in [3.63, 3.8) is 0 Å². The number of alkyl halides is 2. The second kappa shape index (κ2) is 11.8. The molecule has 2 aromatic heterocycles. The lowest BCUT2D eigenvalue weighted by atomic mass is 9.86. The minimum Gasteiger partial charge on any atom is -0.375 e. The summed E-state index contributed by atoms with van der Waals surface area (Å²) in [7, 11) is 0. The maximum absolute atomic E-state index is 13.7. The van der Waals surface area contributed by atoms with Crippen molar-refractivity contribution in [2.24, 2.45) is 5.92 Å². The number of halogens is 2. The van der Waals surface area contributed by atoms with Gasteiger partial charge in [0.05, 0.1) is 6.04 Å². The molecule has 2 aliphatic carbocycles. The standard InChI is InChI=1S/C29H43F2N5OS/c1-7-35(23-8-9-24(17-23)36-21(6)33-34-27(36)18(2)3)15-12-25(26-16-19(4)20(5)38-26)32-28(37)22-10-13-29(30,31)14-11-22/h7,16,18,22-25H,1,8-15,17H2,2-6H3,(H,32,37). The predicted molar refractivity (Wildman–Crippen MR) is 149 cm³/mol. The highest BCUT2D eigenvalue weighted by Crippen LogP contribution is 2.38. The first-order valence-corrected chi connectivity index (χ1v) is 14.9. The lowest BCUT2D eigenvalue weighted by molar-refractivity contribution is -0.130. The summed E-state index contributed by atoms with van der Waals surface area (Å²) in [5, 5.41) is 12.0. The van der Waals surface area contributed by atoms with Crippen molar-refractivity contribution in [1.29, 1.82) is 0 Å². The molecule has 0 radical (unpaired) electrons. The summed E-state index contributed by atoms with van der Waals surface area (Å²) in [6.45, 7) is 15.4. The Morgan fingerprint density at radius 3 is 2.55 bits per heavy atom. The van der Waals surface area contributed by atoms with E-state index in [4.69, 9.17) is 0 Å². The summed E-state index contributed by atoms with van der Waals surface area (Å²) in [4.78, 5) is 17.8. The zero-order valence-electron chi connectivity index (χ0n) is 23.5. The third-order valence-electron chi connectivity index (χ3n) is 8.46. The Bertz CT molecular complexity index is 1100. The van der Waals surface area contributed by atoms with Gasteiger partial charge in [0.25, 0.3) is 0 Å². The van der Waals surface area contributed by atoms with Crippen LogP contribution in [0.1, 0.15) is 110 Å². The van der Waals surface area contributed by atoms with Crippen LogP contribution in [-0.2, 0) is 4.79 Å². The van der Waals surface area contributed by atoms with Crippen LogP contribution >= 0.6 is 11.3 Å². The van der Waals surface area contributed by atoms with Crippen LogP contribution in [0.2, 0.25) is 0 Å². The summed E-state index contributed by atoms with van der Waals surface area (Å²) >= 11 is 1.71. The van der Waals surface area contributed by atoms with Gasteiger partial charge in [0.15, 0.2) is 0 Å². The molecule has 210 valence electrons. The van der Waals surface area contributed by atoms with E-state index in [0.717, 1.165) is 48.8 Å². The van der Waals surface area contributed by atoms with Crippen LogP contribution in [0.5, 0.6) is 0 Å². The van der Waals surface area contributed by atoms with Gasteiger partial charge in [-0.05, 0) is 77.1 Å². The van der Waals surface area contributed by atoms with Crippen LogP contribution in [-0.4, -0.2) is 44.1 Å². The maximum atomic E-state index is 13.7. The smallest absolute Gasteiger partial charge is 0.248 e. The summed E-state index contributed by atoms with van der Waals surface area (Å²) < 4.78 is 29.6. The molecule has 0 bridgehead atoms. The van der Waals surface area contributed by atoms with Crippen LogP contribution in [0, 0.1) is 26.7 Å². The van der Waals surface area contributed by atoms with E-state index in [1.165, 1.54) is 10.4 Å². The molecule has 0 saturated heterocycles. The monoisotopic (exact) mass is 547 g/mol. The second-order valence-electron chi connectivity index (χ2n) is 11.5. The number of hydrogen-bond acceptors (Lipinski definition) is 5. The van der Waals surface area contributed by atoms with Gasteiger partial charge >= 0.3 is 0 Å². The van der Waals surface area contributed by atoms with Crippen molar-refractivity contribution in [1.82, 2.24) is 25.0 Å². The van der Waals surface area contributed by atoms with E-state index in [-0.39, 0.29) is 43.6 Å². The van der Waals surface area contributed by atoms with E-state index in [1.807, 2.05) is 13.1 Å². The molecule has 38 heavy (non-hydrogen) atoms. The fourth-order valence-corrected chi connectivity index (χ4v) is 7.18. The van der Waals surface area contributed by atoms with Gasteiger partial charge < -0.3 is 14.8 Å². The number of hydrogen-bond donors (Lipinski definition) is 1. The van der Waals surface area contributed by atoms with Crippen molar-refractivity contribution in [3.05, 3.63) is 45.8 Å². The predicted octanol–water partition coefficient (Wildman–Crippen LogP) is 7.00. The third-order valence-corrected chi connectivity index (χ3v) is 9.73. The fourth-order valence-electron chi connectivity index (χ4n) is 6.05. The van der Waals surface area contributed by atoms with Gasteiger partial charge in [-0.2, -0.15) is 0 Å². The van der Waals surface area contributed by atoms with Crippen LogP contribution in [0.25, 0.3) is 0 Å². The van der Waals surface area contributed by atoms with Crippen LogP contribution in [0.4, 0.5) is 8.78 Å². The minimum atomic E-state index is -2.64. The molecule has 1 amide bonds. The fraction of sp³-hybridized carbons (Fsp3) is 0.690. The topological polar surface area (TPSA) is 63.1 Å². The number of carbonyl (C=O) groups is 1. The first kappa shape index (κ1) is 28.7. The Morgan fingerprint density at radius 2 is 1.95 bits per heavy atom. The molecule has 2 heterocycles. The minimum absolute atomic E-state index is 0.0930. The molecule has 0 spiro atoms. The lowest BCUT2D eigenvalue weighted by Gasteiger charge is -2.31. The molecule has 0 aliphatic heterocycles. The number of aryl methyl sites for hydroxylation is 3. The molecule has 2 aliphatic rings.